The lowest BCUT2D eigenvalue weighted by Crippen LogP contribution is -2.26. The highest BCUT2D eigenvalue weighted by Crippen LogP contribution is 2.23. The number of hydrogen-bond donors (Lipinski definition) is 2. The van der Waals surface area contributed by atoms with E-state index in [4.69, 9.17) is 22.1 Å². The Kier molecular flexibility index (Phi) is 5.85. The van der Waals surface area contributed by atoms with Crippen molar-refractivity contribution in [2.75, 3.05) is 44.4 Å². The van der Waals surface area contributed by atoms with Crippen LogP contribution in [0.1, 0.15) is 12.8 Å². The van der Waals surface area contributed by atoms with E-state index >= 15 is 0 Å². The molecule has 1 amide bonds. The Hall–Kier alpha value is -1.30. The van der Waals surface area contributed by atoms with E-state index in [0.29, 0.717) is 28.7 Å². The van der Waals surface area contributed by atoms with Crippen LogP contribution < -0.4 is 11.1 Å². The topological polar surface area (TPSA) is 67.6 Å². The van der Waals surface area contributed by atoms with Crippen molar-refractivity contribution in [3.05, 3.63) is 23.2 Å². The van der Waals surface area contributed by atoms with E-state index < -0.39 is 0 Å². The zero-order chi connectivity index (χ0) is 15.2. The summed E-state index contributed by atoms with van der Waals surface area (Å²) >= 11 is 5.83. The van der Waals surface area contributed by atoms with E-state index in [0.717, 1.165) is 32.7 Å². The fourth-order valence-corrected chi connectivity index (χ4v) is 2.79. The normalized spacial score (nSPS) is 18.9. The highest BCUT2D eigenvalue weighted by molar-refractivity contribution is 6.31. The standard InChI is InChI=1S/C15H22ClN3O2/c1-21-10-11-4-6-19(9-11)7-5-15(20)18-14-3-2-12(16)8-13(14)17/h2-3,8,11H,4-7,9-10,17H2,1H3,(H,18,20). The average molecular weight is 312 g/mol. The molecule has 1 saturated heterocycles. The van der Waals surface area contributed by atoms with Crippen molar-refractivity contribution in [1.29, 1.82) is 0 Å². The van der Waals surface area contributed by atoms with Gasteiger partial charge in [-0.05, 0) is 37.1 Å². The number of rotatable bonds is 6. The van der Waals surface area contributed by atoms with Gasteiger partial charge in [0.1, 0.15) is 0 Å². The quantitative estimate of drug-likeness (QED) is 0.791. The van der Waals surface area contributed by atoms with Gasteiger partial charge in [0.25, 0.3) is 0 Å². The molecular weight excluding hydrogens is 290 g/mol. The van der Waals surface area contributed by atoms with E-state index in [1.54, 1.807) is 25.3 Å². The predicted octanol–water partition coefficient (Wildman–Crippen LogP) is 2.22. The summed E-state index contributed by atoms with van der Waals surface area (Å²) in [6.07, 6.45) is 1.60. The summed E-state index contributed by atoms with van der Waals surface area (Å²) in [4.78, 5) is 14.3. The van der Waals surface area contributed by atoms with E-state index in [2.05, 4.69) is 10.2 Å². The number of halogens is 1. The summed E-state index contributed by atoms with van der Waals surface area (Å²) < 4.78 is 5.17. The molecule has 1 unspecified atom stereocenters. The van der Waals surface area contributed by atoms with Gasteiger partial charge < -0.3 is 20.7 Å². The lowest BCUT2D eigenvalue weighted by molar-refractivity contribution is -0.116. The highest BCUT2D eigenvalue weighted by atomic mass is 35.5. The van der Waals surface area contributed by atoms with Crippen LogP contribution in [-0.2, 0) is 9.53 Å². The number of likely N-dealkylation sites (tertiary alicyclic amines) is 1. The van der Waals surface area contributed by atoms with E-state index in [9.17, 15) is 4.79 Å². The van der Waals surface area contributed by atoms with Crippen molar-refractivity contribution in [3.8, 4) is 0 Å². The Morgan fingerprint density at radius 3 is 3.10 bits per heavy atom. The molecule has 116 valence electrons. The van der Waals surface area contributed by atoms with Crippen molar-refractivity contribution in [2.24, 2.45) is 5.92 Å². The Balaban J connectivity index is 1.75. The van der Waals surface area contributed by atoms with Gasteiger partial charge in [0.15, 0.2) is 0 Å². The summed E-state index contributed by atoms with van der Waals surface area (Å²) in [5.74, 6) is 0.559. The monoisotopic (exact) mass is 311 g/mol. The average Bonchev–Trinajstić information content (AvgIpc) is 2.88. The second-order valence-electron chi connectivity index (χ2n) is 5.44. The molecule has 0 aromatic heterocycles. The third-order valence-electron chi connectivity index (χ3n) is 3.72. The first kappa shape index (κ1) is 16.1. The molecule has 6 heteroatoms. The minimum atomic E-state index is -0.0285. The van der Waals surface area contributed by atoms with Crippen LogP contribution in [0.5, 0.6) is 0 Å². The first-order valence-corrected chi connectivity index (χ1v) is 7.52. The second-order valence-corrected chi connectivity index (χ2v) is 5.88. The van der Waals surface area contributed by atoms with Gasteiger partial charge in [-0.3, -0.25) is 4.79 Å². The Morgan fingerprint density at radius 1 is 1.57 bits per heavy atom. The van der Waals surface area contributed by atoms with Crippen molar-refractivity contribution in [1.82, 2.24) is 4.90 Å². The van der Waals surface area contributed by atoms with Crippen molar-refractivity contribution in [3.63, 3.8) is 0 Å². The van der Waals surface area contributed by atoms with Gasteiger partial charge in [0.05, 0.1) is 18.0 Å². The van der Waals surface area contributed by atoms with Crippen LogP contribution in [0, 0.1) is 5.92 Å². The molecule has 3 N–H and O–H groups in total. The number of ether oxygens (including phenoxy) is 1. The Bertz CT molecular complexity index is 496. The van der Waals surface area contributed by atoms with Crippen molar-refractivity contribution >= 4 is 28.9 Å². The molecule has 0 saturated carbocycles. The summed E-state index contributed by atoms with van der Waals surface area (Å²) in [6.45, 7) is 3.60. The van der Waals surface area contributed by atoms with Crippen LogP contribution in [0.15, 0.2) is 18.2 Å². The van der Waals surface area contributed by atoms with Crippen molar-refractivity contribution < 1.29 is 9.53 Å². The SMILES string of the molecule is COCC1CCN(CCC(=O)Nc2ccc(Cl)cc2N)C1. The number of carbonyl (C=O) groups excluding carboxylic acids is 1. The minimum absolute atomic E-state index is 0.0285. The molecule has 0 radical (unpaired) electrons. The molecule has 0 spiro atoms. The van der Waals surface area contributed by atoms with Crippen LogP contribution in [0.4, 0.5) is 11.4 Å². The third-order valence-corrected chi connectivity index (χ3v) is 3.95. The van der Waals surface area contributed by atoms with Gasteiger partial charge in [0.2, 0.25) is 5.91 Å². The number of benzene rings is 1. The smallest absolute Gasteiger partial charge is 0.225 e. The molecule has 1 heterocycles. The van der Waals surface area contributed by atoms with Crippen LogP contribution in [0.3, 0.4) is 0 Å². The maximum Gasteiger partial charge on any atom is 0.225 e. The molecular formula is C15H22ClN3O2. The zero-order valence-corrected chi connectivity index (χ0v) is 13.0. The number of amides is 1. The fourth-order valence-electron chi connectivity index (χ4n) is 2.61. The van der Waals surface area contributed by atoms with Gasteiger partial charge in [-0.1, -0.05) is 11.6 Å². The fraction of sp³-hybridized carbons (Fsp3) is 0.533. The van der Waals surface area contributed by atoms with Crippen LogP contribution >= 0.6 is 11.6 Å². The lowest BCUT2D eigenvalue weighted by Gasteiger charge is -2.16. The number of methoxy groups -OCH3 is 1. The van der Waals surface area contributed by atoms with Gasteiger partial charge in [0, 0.05) is 31.6 Å². The molecule has 21 heavy (non-hydrogen) atoms. The summed E-state index contributed by atoms with van der Waals surface area (Å²) in [7, 11) is 1.73. The molecule has 0 aliphatic carbocycles. The number of carbonyl (C=O) groups is 1. The largest absolute Gasteiger partial charge is 0.397 e. The minimum Gasteiger partial charge on any atom is -0.397 e. The van der Waals surface area contributed by atoms with E-state index in [-0.39, 0.29) is 5.91 Å². The molecule has 1 fully saturated rings. The second kappa shape index (κ2) is 7.64. The summed E-state index contributed by atoms with van der Waals surface area (Å²) in [5, 5.41) is 3.39. The highest BCUT2D eigenvalue weighted by Gasteiger charge is 2.22. The van der Waals surface area contributed by atoms with E-state index in [1.807, 2.05) is 0 Å². The molecule has 2 rings (SSSR count). The van der Waals surface area contributed by atoms with Crippen LogP contribution in [0.2, 0.25) is 5.02 Å². The molecule has 1 aromatic carbocycles. The molecule has 1 atom stereocenters. The van der Waals surface area contributed by atoms with Gasteiger partial charge in [-0.25, -0.2) is 0 Å². The summed E-state index contributed by atoms with van der Waals surface area (Å²) in [6, 6.07) is 5.07. The van der Waals surface area contributed by atoms with Crippen LogP contribution in [-0.4, -0.2) is 44.2 Å². The molecule has 1 aliphatic heterocycles. The maximum atomic E-state index is 12.0. The number of nitrogens with two attached hydrogens (primary N) is 1. The van der Waals surface area contributed by atoms with Crippen LogP contribution in [0.25, 0.3) is 0 Å². The Morgan fingerprint density at radius 2 is 2.38 bits per heavy atom. The summed E-state index contributed by atoms with van der Waals surface area (Å²) in [5.41, 5.74) is 6.91. The number of nitrogen functional groups attached to an aromatic ring is 1. The first-order chi connectivity index (χ1) is 10.1. The zero-order valence-electron chi connectivity index (χ0n) is 12.3. The van der Waals surface area contributed by atoms with Crippen molar-refractivity contribution in [2.45, 2.75) is 12.8 Å². The number of nitrogens with zero attached hydrogens (tertiary/aromatic N) is 1. The number of nitrogens with one attached hydrogen (secondary N) is 1. The Labute approximate surface area is 130 Å². The molecule has 1 aromatic rings. The molecule has 0 bridgehead atoms. The van der Waals surface area contributed by atoms with Gasteiger partial charge in [-0.2, -0.15) is 0 Å². The number of hydrogen-bond acceptors (Lipinski definition) is 4. The van der Waals surface area contributed by atoms with Gasteiger partial charge in [-0.15, -0.1) is 0 Å². The maximum absolute atomic E-state index is 12.0. The third kappa shape index (κ3) is 4.88. The first-order valence-electron chi connectivity index (χ1n) is 7.14. The lowest BCUT2D eigenvalue weighted by atomic mass is 10.1. The molecule has 1 aliphatic rings. The van der Waals surface area contributed by atoms with Gasteiger partial charge >= 0.3 is 0 Å². The van der Waals surface area contributed by atoms with E-state index in [1.165, 1.54) is 0 Å². The number of anilines is 2. The predicted molar refractivity (Wildman–Crippen MR) is 85.5 cm³/mol. The molecule has 5 nitrogen and oxygen atoms in total.